The second-order valence-corrected chi connectivity index (χ2v) is 5.32. The Labute approximate surface area is 130 Å². The van der Waals surface area contributed by atoms with Crippen molar-refractivity contribution in [3.63, 3.8) is 0 Å². The molecule has 1 heterocycles. The van der Waals surface area contributed by atoms with Crippen LogP contribution in [0.4, 0.5) is 0 Å². The van der Waals surface area contributed by atoms with Gasteiger partial charge >= 0.3 is 0 Å². The Balaban J connectivity index is 1.93. The van der Waals surface area contributed by atoms with Crippen LogP contribution in [0.1, 0.15) is 27.4 Å². The first kappa shape index (κ1) is 15.2. The minimum Gasteiger partial charge on any atom is -0.361 e. The summed E-state index contributed by atoms with van der Waals surface area (Å²) in [6.07, 6.45) is 0.0946. The monoisotopic (exact) mass is 351 g/mol. The van der Waals surface area contributed by atoms with Crippen molar-refractivity contribution in [3.05, 3.63) is 51.3 Å². The van der Waals surface area contributed by atoms with E-state index in [4.69, 9.17) is 4.52 Å². The Morgan fingerprint density at radius 1 is 1.24 bits per heavy atom. The lowest BCUT2D eigenvalue weighted by Gasteiger charge is -2.08. The fourth-order valence-electron chi connectivity index (χ4n) is 1.80. The average Bonchev–Trinajstić information content (AvgIpc) is 2.77. The summed E-state index contributed by atoms with van der Waals surface area (Å²) in [7, 11) is 0. The molecule has 2 rings (SSSR count). The van der Waals surface area contributed by atoms with Gasteiger partial charge < -0.3 is 4.52 Å². The molecule has 0 bridgehead atoms. The molecule has 0 unspecified atom stereocenters. The zero-order valence-corrected chi connectivity index (χ0v) is 13.2. The van der Waals surface area contributed by atoms with Crippen LogP contribution in [-0.4, -0.2) is 17.0 Å². The molecule has 0 saturated carbocycles. The molecule has 7 heteroatoms. The van der Waals surface area contributed by atoms with Gasteiger partial charge in [0.15, 0.2) is 0 Å². The second kappa shape index (κ2) is 6.53. The molecule has 110 valence electrons. The molecule has 0 saturated heterocycles. The lowest BCUT2D eigenvalue weighted by molar-refractivity contribution is -0.121. The number of nitrogens with one attached hydrogen (secondary N) is 2. The SMILES string of the molecule is Cc1noc(C)c1CC(=O)NNC(=O)c1ccccc1Br. The van der Waals surface area contributed by atoms with Gasteiger partial charge in [-0.15, -0.1) is 0 Å². The highest BCUT2D eigenvalue weighted by atomic mass is 79.9. The number of hydrogen-bond donors (Lipinski definition) is 2. The number of aromatic nitrogens is 1. The third-order valence-electron chi connectivity index (χ3n) is 2.95. The van der Waals surface area contributed by atoms with Crippen molar-refractivity contribution in [1.82, 2.24) is 16.0 Å². The van der Waals surface area contributed by atoms with Gasteiger partial charge in [0.25, 0.3) is 5.91 Å². The van der Waals surface area contributed by atoms with Crippen molar-refractivity contribution >= 4 is 27.7 Å². The molecule has 0 atom stereocenters. The maximum Gasteiger partial charge on any atom is 0.270 e. The van der Waals surface area contributed by atoms with E-state index in [1.54, 1.807) is 38.1 Å². The van der Waals surface area contributed by atoms with Crippen molar-refractivity contribution in [1.29, 1.82) is 0 Å². The van der Waals surface area contributed by atoms with Crippen molar-refractivity contribution in [2.45, 2.75) is 20.3 Å². The van der Waals surface area contributed by atoms with E-state index in [1.165, 1.54) is 0 Å². The summed E-state index contributed by atoms with van der Waals surface area (Å²) < 4.78 is 5.64. The van der Waals surface area contributed by atoms with Crippen LogP contribution < -0.4 is 10.9 Å². The summed E-state index contributed by atoms with van der Waals surface area (Å²) in [6, 6.07) is 6.95. The van der Waals surface area contributed by atoms with Crippen LogP contribution in [0.5, 0.6) is 0 Å². The largest absolute Gasteiger partial charge is 0.361 e. The molecule has 2 N–H and O–H groups in total. The van der Waals surface area contributed by atoms with Crippen molar-refractivity contribution in [2.24, 2.45) is 0 Å². The van der Waals surface area contributed by atoms with Gasteiger partial charge in [0.05, 0.1) is 17.7 Å². The maximum absolute atomic E-state index is 11.9. The number of hydrazine groups is 1. The number of halogens is 1. The van der Waals surface area contributed by atoms with Crippen molar-refractivity contribution in [2.75, 3.05) is 0 Å². The van der Waals surface area contributed by atoms with Gasteiger partial charge in [-0.2, -0.15) is 0 Å². The molecule has 0 fully saturated rings. The van der Waals surface area contributed by atoms with Crippen molar-refractivity contribution < 1.29 is 14.1 Å². The molecule has 1 aromatic heterocycles. The van der Waals surface area contributed by atoms with Crippen LogP contribution in [0.25, 0.3) is 0 Å². The normalized spacial score (nSPS) is 10.2. The smallest absolute Gasteiger partial charge is 0.270 e. The summed E-state index contributed by atoms with van der Waals surface area (Å²) in [5.41, 5.74) is 6.57. The quantitative estimate of drug-likeness (QED) is 0.829. The van der Waals surface area contributed by atoms with E-state index in [0.29, 0.717) is 21.5 Å². The Morgan fingerprint density at radius 3 is 2.57 bits per heavy atom. The number of benzene rings is 1. The lowest BCUT2D eigenvalue weighted by atomic mass is 10.1. The number of amides is 2. The molecule has 2 amide bonds. The predicted molar refractivity (Wildman–Crippen MR) is 79.4 cm³/mol. The van der Waals surface area contributed by atoms with E-state index in [-0.39, 0.29) is 12.3 Å². The third kappa shape index (κ3) is 3.69. The van der Waals surface area contributed by atoms with E-state index in [0.717, 1.165) is 5.56 Å². The molecule has 2 aromatic rings. The van der Waals surface area contributed by atoms with E-state index in [9.17, 15) is 9.59 Å². The highest BCUT2D eigenvalue weighted by molar-refractivity contribution is 9.10. The highest BCUT2D eigenvalue weighted by Gasteiger charge is 2.15. The molecule has 0 radical (unpaired) electrons. The Bertz CT molecular complexity index is 662. The number of aryl methyl sites for hydroxylation is 2. The lowest BCUT2D eigenvalue weighted by Crippen LogP contribution is -2.42. The van der Waals surface area contributed by atoms with Gasteiger partial charge in [-0.25, -0.2) is 0 Å². The van der Waals surface area contributed by atoms with Gasteiger partial charge in [0, 0.05) is 10.0 Å². The van der Waals surface area contributed by atoms with E-state index >= 15 is 0 Å². The van der Waals surface area contributed by atoms with E-state index in [2.05, 4.69) is 31.9 Å². The summed E-state index contributed by atoms with van der Waals surface area (Å²) in [5.74, 6) is -0.140. The Morgan fingerprint density at radius 2 is 1.95 bits per heavy atom. The van der Waals surface area contributed by atoms with Gasteiger partial charge in [0.2, 0.25) is 5.91 Å². The van der Waals surface area contributed by atoms with E-state index < -0.39 is 5.91 Å². The third-order valence-corrected chi connectivity index (χ3v) is 3.64. The first-order valence-electron chi connectivity index (χ1n) is 6.24. The first-order chi connectivity index (χ1) is 9.99. The van der Waals surface area contributed by atoms with Gasteiger partial charge in [-0.1, -0.05) is 17.3 Å². The summed E-state index contributed by atoms with van der Waals surface area (Å²) >= 11 is 3.28. The topological polar surface area (TPSA) is 84.2 Å². The van der Waals surface area contributed by atoms with E-state index in [1.807, 2.05) is 0 Å². The number of hydrogen-bond acceptors (Lipinski definition) is 4. The summed E-state index contributed by atoms with van der Waals surface area (Å²) in [4.78, 5) is 23.7. The predicted octanol–water partition coefficient (Wildman–Crippen LogP) is 2.06. The highest BCUT2D eigenvalue weighted by Crippen LogP contribution is 2.15. The van der Waals surface area contributed by atoms with Gasteiger partial charge in [-0.3, -0.25) is 20.4 Å². The molecule has 0 aliphatic rings. The average molecular weight is 352 g/mol. The fourth-order valence-corrected chi connectivity index (χ4v) is 2.26. The zero-order valence-electron chi connectivity index (χ0n) is 11.6. The van der Waals surface area contributed by atoms with Crippen LogP contribution in [0.15, 0.2) is 33.3 Å². The summed E-state index contributed by atoms with van der Waals surface area (Å²) in [5, 5.41) is 3.78. The molecular weight excluding hydrogens is 338 g/mol. The standard InChI is InChI=1S/C14H14BrN3O3/c1-8-11(9(2)21-18-8)7-13(19)16-17-14(20)10-5-3-4-6-12(10)15/h3-6H,7H2,1-2H3,(H,16,19)(H,17,20). The molecule has 0 aliphatic carbocycles. The van der Waals surface area contributed by atoms with Crippen LogP contribution in [0, 0.1) is 13.8 Å². The van der Waals surface area contributed by atoms with Crippen LogP contribution >= 0.6 is 15.9 Å². The zero-order chi connectivity index (χ0) is 15.4. The number of nitrogens with zero attached hydrogens (tertiary/aromatic N) is 1. The van der Waals surface area contributed by atoms with Crippen LogP contribution in [0.2, 0.25) is 0 Å². The molecule has 1 aromatic carbocycles. The fraction of sp³-hybridized carbons (Fsp3) is 0.214. The Hall–Kier alpha value is -2.15. The molecule has 0 spiro atoms. The van der Waals surface area contributed by atoms with Crippen molar-refractivity contribution in [3.8, 4) is 0 Å². The van der Waals surface area contributed by atoms with Crippen LogP contribution in [-0.2, 0) is 11.2 Å². The molecular formula is C14H14BrN3O3. The van der Waals surface area contributed by atoms with Crippen LogP contribution in [0.3, 0.4) is 0 Å². The van der Waals surface area contributed by atoms with Gasteiger partial charge in [0.1, 0.15) is 5.76 Å². The Kier molecular flexibility index (Phi) is 4.74. The number of carbonyl (C=O) groups excluding carboxylic acids is 2. The van der Waals surface area contributed by atoms with Gasteiger partial charge in [-0.05, 0) is 41.9 Å². The number of carbonyl (C=O) groups is 2. The minimum absolute atomic E-state index is 0.0946. The summed E-state index contributed by atoms with van der Waals surface area (Å²) in [6.45, 7) is 3.50. The molecule has 21 heavy (non-hydrogen) atoms. The first-order valence-corrected chi connectivity index (χ1v) is 7.03. The molecule has 0 aliphatic heterocycles. The second-order valence-electron chi connectivity index (χ2n) is 4.46. The molecule has 6 nitrogen and oxygen atoms in total. The minimum atomic E-state index is -0.394. The number of rotatable bonds is 3. The maximum atomic E-state index is 11.9.